The number of fused-ring (bicyclic) bond motifs is 2. The molecule has 7 atom stereocenters. The number of nitrogens with one attached hydrogen (secondary N) is 1. The molecular formula is C22H41NSi. The van der Waals surface area contributed by atoms with Gasteiger partial charge >= 0.3 is 0 Å². The molecule has 0 spiro atoms. The van der Waals surface area contributed by atoms with Crippen LogP contribution >= 0.6 is 0 Å². The maximum atomic E-state index is 4.32. The lowest BCUT2D eigenvalue weighted by atomic mass is 9.69. The third kappa shape index (κ3) is 3.04. The molecule has 0 aliphatic heterocycles. The third-order valence-electron chi connectivity index (χ3n) is 9.06. The highest BCUT2D eigenvalue weighted by Gasteiger charge is 2.56. The van der Waals surface area contributed by atoms with Gasteiger partial charge in [0.25, 0.3) is 0 Å². The van der Waals surface area contributed by atoms with Crippen molar-refractivity contribution < 1.29 is 0 Å². The van der Waals surface area contributed by atoms with Gasteiger partial charge in [-0.2, -0.15) is 0 Å². The number of hydrogen-bond donors (Lipinski definition) is 1. The van der Waals surface area contributed by atoms with E-state index in [2.05, 4.69) is 31.9 Å². The minimum Gasteiger partial charge on any atom is -0.334 e. The number of hydrogen-bond acceptors (Lipinski definition) is 1. The van der Waals surface area contributed by atoms with Crippen LogP contribution in [-0.4, -0.2) is 14.3 Å². The van der Waals surface area contributed by atoms with Crippen LogP contribution in [0.4, 0.5) is 0 Å². The van der Waals surface area contributed by atoms with Crippen molar-refractivity contribution in [2.24, 2.45) is 35.5 Å². The molecule has 4 saturated carbocycles. The minimum atomic E-state index is -1.36. The summed E-state index contributed by atoms with van der Waals surface area (Å²) < 4.78 is 0. The highest BCUT2D eigenvalue weighted by molar-refractivity contribution is 6.76. The molecule has 4 rings (SSSR count). The largest absolute Gasteiger partial charge is 0.334 e. The van der Waals surface area contributed by atoms with Crippen LogP contribution in [0.1, 0.15) is 78.1 Å². The second-order valence-electron chi connectivity index (χ2n) is 10.7. The first kappa shape index (κ1) is 17.6. The van der Waals surface area contributed by atoms with Crippen molar-refractivity contribution in [3.05, 3.63) is 0 Å². The second kappa shape index (κ2) is 6.72. The zero-order valence-electron chi connectivity index (χ0n) is 16.7. The molecule has 0 heterocycles. The molecule has 0 amide bonds. The third-order valence-corrected chi connectivity index (χ3v) is 12.8. The fourth-order valence-electron chi connectivity index (χ4n) is 7.97. The Kier molecular flexibility index (Phi) is 4.93. The molecule has 24 heavy (non-hydrogen) atoms. The lowest BCUT2D eigenvalue weighted by Gasteiger charge is -2.44. The van der Waals surface area contributed by atoms with Crippen LogP contribution in [0.2, 0.25) is 18.6 Å². The minimum absolute atomic E-state index is 0.852. The Labute approximate surface area is 151 Å². The summed E-state index contributed by atoms with van der Waals surface area (Å²) in [5.41, 5.74) is 1.03. The van der Waals surface area contributed by atoms with Crippen LogP contribution in [0.25, 0.3) is 0 Å². The van der Waals surface area contributed by atoms with Crippen LogP contribution in [0.3, 0.4) is 0 Å². The van der Waals surface area contributed by atoms with E-state index in [-0.39, 0.29) is 0 Å². The van der Waals surface area contributed by atoms with Gasteiger partial charge in [-0.3, -0.25) is 0 Å². The molecule has 1 N–H and O–H groups in total. The molecular weight excluding hydrogens is 306 g/mol. The van der Waals surface area contributed by atoms with Gasteiger partial charge in [0.05, 0.1) is 0 Å². The summed E-state index contributed by atoms with van der Waals surface area (Å²) in [4.78, 5) is 4.32. The van der Waals surface area contributed by atoms with Crippen LogP contribution in [0.15, 0.2) is 0 Å². The van der Waals surface area contributed by atoms with E-state index in [1.165, 1.54) is 38.5 Å². The van der Waals surface area contributed by atoms with E-state index in [1.807, 2.05) is 0 Å². The van der Waals surface area contributed by atoms with Crippen LogP contribution in [-0.2, 0) is 0 Å². The van der Waals surface area contributed by atoms with Gasteiger partial charge in [-0.1, -0.05) is 65.5 Å². The fourth-order valence-corrected chi connectivity index (χ4v) is 12.6. The van der Waals surface area contributed by atoms with Crippen molar-refractivity contribution in [1.29, 1.82) is 0 Å². The molecule has 1 nitrogen and oxygen atoms in total. The first-order valence-electron chi connectivity index (χ1n) is 11.2. The van der Waals surface area contributed by atoms with E-state index < -0.39 is 8.24 Å². The zero-order valence-corrected chi connectivity index (χ0v) is 17.7. The van der Waals surface area contributed by atoms with Gasteiger partial charge in [-0.25, -0.2) is 0 Å². The summed E-state index contributed by atoms with van der Waals surface area (Å²) in [6, 6.07) is 0.852. The Morgan fingerprint density at radius 3 is 2.00 bits per heavy atom. The Morgan fingerprint density at radius 2 is 1.33 bits per heavy atom. The summed E-state index contributed by atoms with van der Waals surface area (Å²) >= 11 is 0. The Bertz CT molecular complexity index is 441. The van der Waals surface area contributed by atoms with Crippen molar-refractivity contribution in [3.8, 4) is 0 Å². The van der Waals surface area contributed by atoms with E-state index in [0.29, 0.717) is 0 Å². The molecule has 0 aromatic heterocycles. The molecule has 0 bridgehead atoms. The topological polar surface area (TPSA) is 12.0 Å². The molecule has 0 aromatic rings. The van der Waals surface area contributed by atoms with E-state index in [1.54, 1.807) is 25.7 Å². The van der Waals surface area contributed by atoms with E-state index >= 15 is 0 Å². The first-order chi connectivity index (χ1) is 11.5. The van der Waals surface area contributed by atoms with E-state index in [4.69, 9.17) is 0 Å². The Hall–Kier alpha value is 0.177. The van der Waals surface area contributed by atoms with Gasteiger partial charge in [-0.15, -0.1) is 0 Å². The highest BCUT2D eigenvalue weighted by Crippen LogP contribution is 2.62. The van der Waals surface area contributed by atoms with Crippen molar-refractivity contribution in [3.63, 3.8) is 0 Å². The van der Waals surface area contributed by atoms with Gasteiger partial charge in [0, 0.05) is 6.04 Å². The Balaban J connectivity index is 1.51. The summed E-state index contributed by atoms with van der Waals surface area (Å²) in [7, 11) is -1.36. The Morgan fingerprint density at radius 1 is 0.708 bits per heavy atom. The summed E-state index contributed by atoms with van der Waals surface area (Å²) in [5, 5.41) is 0. The van der Waals surface area contributed by atoms with Gasteiger partial charge in [0.2, 0.25) is 0 Å². The molecule has 4 aliphatic rings. The molecule has 7 unspecified atom stereocenters. The molecule has 2 heteroatoms. The normalized spacial score (nSPS) is 46.8. The van der Waals surface area contributed by atoms with Crippen LogP contribution in [0, 0.1) is 35.5 Å². The zero-order chi connectivity index (χ0) is 16.9. The van der Waals surface area contributed by atoms with E-state index in [9.17, 15) is 0 Å². The van der Waals surface area contributed by atoms with Gasteiger partial charge < -0.3 is 4.98 Å². The maximum Gasteiger partial charge on any atom is 0.123 e. The van der Waals surface area contributed by atoms with Crippen molar-refractivity contribution in [2.75, 3.05) is 0 Å². The van der Waals surface area contributed by atoms with Crippen LogP contribution < -0.4 is 4.98 Å². The monoisotopic (exact) mass is 347 g/mol. The fraction of sp³-hybridized carbons (Fsp3) is 1.00. The lowest BCUT2D eigenvalue weighted by molar-refractivity contribution is 0.132. The molecule has 0 radical (unpaired) electrons. The smallest absolute Gasteiger partial charge is 0.123 e. The average Bonchev–Trinajstić information content (AvgIpc) is 3.09. The molecule has 138 valence electrons. The SMILES string of the molecule is CC1C(C)C([Si](C)(C)NC2CCCCC2)C2CC3CCCC3CC12. The maximum absolute atomic E-state index is 4.32. The number of rotatable bonds is 3. The van der Waals surface area contributed by atoms with Crippen molar-refractivity contribution in [1.82, 2.24) is 4.98 Å². The second-order valence-corrected chi connectivity index (χ2v) is 15.1. The standard InChI is InChI=1S/C22H41NSi/c1-15-16(2)22(24(3,4)23-19-11-6-5-7-12-19)21-14-18-10-8-9-17(18)13-20(15)21/h15-23H,5-14H2,1-4H3. The van der Waals surface area contributed by atoms with Crippen molar-refractivity contribution >= 4 is 8.24 Å². The summed E-state index contributed by atoms with van der Waals surface area (Å²) in [6.07, 6.45) is 15.1. The van der Waals surface area contributed by atoms with E-state index in [0.717, 1.165) is 47.1 Å². The predicted molar refractivity (Wildman–Crippen MR) is 107 cm³/mol. The molecule has 4 aliphatic carbocycles. The molecule has 4 fully saturated rings. The summed E-state index contributed by atoms with van der Waals surface area (Å²) in [6.45, 7) is 10.6. The molecule has 0 saturated heterocycles. The average molecular weight is 348 g/mol. The van der Waals surface area contributed by atoms with Gasteiger partial charge in [-0.05, 0) is 66.7 Å². The van der Waals surface area contributed by atoms with Gasteiger partial charge in [0.1, 0.15) is 8.24 Å². The summed E-state index contributed by atoms with van der Waals surface area (Å²) in [5.74, 6) is 6.26. The first-order valence-corrected chi connectivity index (χ1v) is 14.3. The quantitative estimate of drug-likeness (QED) is 0.598. The van der Waals surface area contributed by atoms with Crippen LogP contribution in [0.5, 0.6) is 0 Å². The van der Waals surface area contributed by atoms with Crippen molar-refractivity contribution in [2.45, 2.75) is 103 Å². The lowest BCUT2D eigenvalue weighted by Crippen LogP contribution is -2.56. The predicted octanol–water partition coefficient (Wildman–Crippen LogP) is 6.21. The molecule has 0 aromatic carbocycles. The highest BCUT2D eigenvalue weighted by atomic mass is 28.3. The van der Waals surface area contributed by atoms with Gasteiger partial charge in [0.15, 0.2) is 0 Å².